The Hall–Kier alpha value is -1.02. The van der Waals surface area contributed by atoms with E-state index >= 15 is 0 Å². The number of rotatable bonds is 3. The van der Waals surface area contributed by atoms with Crippen molar-refractivity contribution in [2.75, 3.05) is 6.61 Å². The summed E-state index contributed by atoms with van der Waals surface area (Å²) in [5, 5.41) is 8.93. The fourth-order valence-corrected chi connectivity index (χ4v) is 0.840. The van der Waals surface area contributed by atoms with E-state index in [0.717, 1.165) is 5.75 Å². The zero-order valence-corrected chi connectivity index (χ0v) is 7.45. The monoisotopic (exact) mass is 166 g/mol. The summed E-state index contributed by atoms with van der Waals surface area (Å²) in [6, 6.07) is 9.49. The van der Waals surface area contributed by atoms with Crippen LogP contribution in [0.1, 0.15) is 13.8 Å². The molecule has 0 aromatic heterocycles. The Kier molecular flexibility index (Phi) is 2.71. The van der Waals surface area contributed by atoms with E-state index in [4.69, 9.17) is 9.84 Å². The molecule has 0 aliphatic heterocycles. The maximum absolute atomic E-state index is 8.93. The molecule has 0 radical (unpaired) electrons. The Morgan fingerprint density at radius 3 is 2.33 bits per heavy atom. The highest BCUT2D eigenvalue weighted by molar-refractivity contribution is 5.21. The highest BCUT2D eigenvalue weighted by atomic mass is 16.5. The first kappa shape index (κ1) is 9.07. The van der Waals surface area contributed by atoms with Crippen LogP contribution in [0.2, 0.25) is 0 Å². The van der Waals surface area contributed by atoms with Crippen molar-refractivity contribution >= 4 is 0 Å². The number of ether oxygens (including phenoxy) is 1. The van der Waals surface area contributed by atoms with Crippen LogP contribution in [0.15, 0.2) is 30.3 Å². The van der Waals surface area contributed by atoms with Crippen LogP contribution < -0.4 is 4.74 Å². The predicted molar refractivity (Wildman–Crippen MR) is 48.2 cm³/mol. The molecule has 0 heterocycles. The average Bonchev–Trinajstić information content (AvgIpc) is 2.06. The Morgan fingerprint density at radius 2 is 1.83 bits per heavy atom. The number of para-hydroxylation sites is 1. The van der Waals surface area contributed by atoms with Gasteiger partial charge in [-0.3, -0.25) is 0 Å². The third kappa shape index (κ3) is 2.55. The minimum atomic E-state index is -0.499. The molecule has 0 saturated heterocycles. The molecule has 1 aromatic rings. The quantitative estimate of drug-likeness (QED) is 0.742. The van der Waals surface area contributed by atoms with E-state index in [-0.39, 0.29) is 6.61 Å². The summed E-state index contributed by atoms with van der Waals surface area (Å²) in [6.45, 7) is 3.71. The van der Waals surface area contributed by atoms with Gasteiger partial charge in [0, 0.05) is 0 Å². The molecule has 1 N–H and O–H groups in total. The van der Waals surface area contributed by atoms with Crippen LogP contribution >= 0.6 is 0 Å². The molecule has 0 atom stereocenters. The summed E-state index contributed by atoms with van der Waals surface area (Å²) in [5.74, 6) is 0.788. The Bertz CT molecular complexity index is 229. The zero-order valence-electron chi connectivity index (χ0n) is 7.45. The molecule has 2 heteroatoms. The molecule has 0 unspecified atom stereocenters. The second-order valence-corrected chi connectivity index (χ2v) is 3.33. The topological polar surface area (TPSA) is 29.5 Å². The minimum absolute atomic E-state index is 0.0158. The maximum atomic E-state index is 8.93. The zero-order chi connectivity index (χ0) is 9.03. The van der Waals surface area contributed by atoms with Crippen molar-refractivity contribution in [1.82, 2.24) is 0 Å². The Balaban J connectivity index is 2.64. The van der Waals surface area contributed by atoms with Crippen molar-refractivity contribution in [2.45, 2.75) is 19.4 Å². The summed E-state index contributed by atoms with van der Waals surface area (Å²) >= 11 is 0. The highest BCUT2D eigenvalue weighted by Gasteiger charge is 2.17. The molecular weight excluding hydrogens is 152 g/mol. The summed E-state index contributed by atoms with van der Waals surface area (Å²) in [4.78, 5) is 0. The van der Waals surface area contributed by atoms with Crippen molar-refractivity contribution < 1.29 is 9.84 Å². The second kappa shape index (κ2) is 3.59. The highest BCUT2D eigenvalue weighted by Crippen LogP contribution is 2.16. The normalized spacial score (nSPS) is 11.2. The van der Waals surface area contributed by atoms with Gasteiger partial charge in [0.25, 0.3) is 0 Å². The van der Waals surface area contributed by atoms with Gasteiger partial charge in [-0.1, -0.05) is 18.2 Å². The van der Waals surface area contributed by atoms with Gasteiger partial charge >= 0.3 is 0 Å². The first-order valence-electron chi connectivity index (χ1n) is 3.99. The maximum Gasteiger partial charge on any atom is 0.126 e. The average molecular weight is 166 g/mol. The third-order valence-electron chi connectivity index (χ3n) is 1.52. The Labute approximate surface area is 72.8 Å². The minimum Gasteiger partial charge on any atom is -0.485 e. The summed E-state index contributed by atoms with van der Waals surface area (Å²) in [5.41, 5.74) is -0.499. The van der Waals surface area contributed by atoms with E-state index in [1.165, 1.54) is 0 Å². The predicted octanol–water partition coefficient (Wildman–Crippen LogP) is 1.84. The number of benzene rings is 1. The number of hydrogen-bond donors (Lipinski definition) is 1. The number of aliphatic hydroxyl groups excluding tert-OH is 1. The van der Waals surface area contributed by atoms with Crippen molar-refractivity contribution in [1.29, 1.82) is 0 Å². The lowest BCUT2D eigenvalue weighted by molar-refractivity contribution is 0.0412. The van der Waals surface area contributed by atoms with E-state index in [1.807, 2.05) is 44.2 Å². The molecule has 1 aromatic carbocycles. The molecule has 0 aliphatic rings. The number of aliphatic hydroxyl groups is 1. The summed E-state index contributed by atoms with van der Waals surface area (Å²) in [7, 11) is 0. The molecule has 0 saturated carbocycles. The van der Waals surface area contributed by atoms with E-state index < -0.39 is 5.60 Å². The van der Waals surface area contributed by atoms with Crippen LogP contribution in [0.25, 0.3) is 0 Å². The fraction of sp³-hybridized carbons (Fsp3) is 0.400. The van der Waals surface area contributed by atoms with Crippen LogP contribution in [0, 0.1) is 0 Å². The molecule has 0 fully saturated rings. The molecule has 0 aliphatic carbocycles. The number of hydrogen-bond acceptors (Lipinski definition) is 2. The van der Waals surface area contributed by atoms with Crippen molar-refractivity contribution in [3.8, 4) is 5.75 Å². The third-order valence-corrected chi connectivity index (χ3v) is 1.52. The van der Waals surface area contributed by atoms with Crippen LogP contribution in [0.5, 0.6) is 5.75 Å². The molecular formula is C10H14O2. The van der Waals surface area contributed by atoms with Gasteiger partial charge < -0.3 is 9.84 Å². The molecule has 0 amide bonds. The molecule has 2 nitrogen and oxygen atoms in total. The molecule has 1 rings (SSSR count). The van der Waals surface area contributed by atoms with E-state index in [0.29, 0.717) is 0 Å². The molecule has 12 heavy (non-hydrogen) atoms. The van der Waals surface area contributed by atoms with E-state index in [9.17, 15) is 0 Å². The van der Waals surface area contributed by atoms with E-state index in [2.05, 4.69) is 0 Å². The van der Waals surface area contributed by atoms with Gasteiger partial charge in [-0.25, -0.2) is 0 Å². The van der Waals surface area contributed by atoms with Gasteiger partial charge in [0.1, 0.15) is 11.4 Å². The van der Waals surface area contributed by atoms with Crippen molar-refractivity contribution in [3.05, 3.63) is 30.3 Å². The van der Waals surface area contributed by atoms with Gasteiger partial charge in [-0.2, -0.15) is 0 Å². The van der Waals surface area contributed by atoms with Gasteiger partial charge in [-0.05, 0) is 26.0 Å². The van der Waals surface area contributed by atoms with E-state index in [1.54, 1.807) is 0 Å². The lowest BCUT2D eigenvalue weighted by atomic mass is 10.1. The first-order chi connectivity index (χ1) is 5.64. The Morgan fingerprint density at radius 1 is 1.25 bits per heavy atom. The molecule has 0 bridgehead atoms. The van der Waals surface area contributed by atoms with Crippen molar-refractivity contribution in [2.24, 2.45) is 0 Å². The largest absolute Gasteiger partial charge is 0.485 e. The van der Waals surface area contributed by atoms with Crippen LogP contribution in [-0.4, -0.2) is 17.3 Å². The van der Waals surface area contributed by atoms with Gasteiger partial charge in [0.05, 0.1) is 6.61 Å². The van der Waals surface area contributed by atoms with Crippen LogP contribution in [0.4, 0.5) is 0 Å². The second-order valence-electron chi connectivity index (χ2n) is 3.33. The standard InChI is InChI=1S/C10H14O2/c1-10(2,8-11)12-9-6-4-3-5-7-9/h3-7,11H,8H2,1-2H3. The first-order valence-corrected chi connectivity index (χ1v) is 3.99. The molecule has 0 spiro atoms. The fourth-order valence-electron chi connectivity index (χ4n) is 0.840. The van der Waals surface area contributed by atoms with Crippen LogP contribution in [0.3, 0.4) is 0 Å². The van der Waals surface area contributed by atoms with Gasteiger partial charge in [0.15, 0.2) is 0 Å². The smallest absolute Gasteiger partial charge is 0.126 e. The summed E-state index contributed by atoms with van der Waals surface area (Å²) in [6.07, 6.45) is 0. The lowest BCUT2D eigenvalue weighted by Crippen LogP contribution is -2.32. The SMILES string of the molecule is CC(C)(CO)Oc1ccccc1. The molecule has 66 valence electrons. The van der Waals surface area contributed by atoms with Gasteiger partial charge in [0.2, 0.25) is 0 Å². The van der Waals surface area contributed by atoms with Gasteiger partial charge in [-0.15, -0.1) is 0 Å². The van der Waals surface area contributed by atoms with Crippen LogP contribution in [-0.2, 0) is 0 Å². The summed E-state index contributed by atoms with van der Waals surface area (Å²) < 4.78 is 5.50. The lowest BCUT2D eigenvalue weighted by Gasteiger charge is -2.23. The van der Waals surface area contributed by atoms with Crippen molar-refractivity contribution in [3.63, 3.8) is 0 Å².